The van der Waals surface area contributed by atoms with E-state index in [1.54, 1.807) is 44.6 Å². The zero-order valence-corrected chi connectivity index (χ0v) is 14.0. The topological polar surface area (TPSA) is 38.7 Å². The van der Waals surface area contributed by atoms with Gasteiger partial charge in [0.25, 0.3) is 0 Å². The summed E-state index contributed by atoms with van der Waals surface area (Å²) in [6.07, 6.45) is -0.828. The van der Waals surface area contributed by atoms with Crippen LogP contribution < -0.4 is 9.47 Å². The fourth-order valence-corrected chi connectivity index (χ4v) is 2.76. The molecule has 2 aromatic carbocycles. The minimum atomic E-state index is -0.828. The molecule has 0 spiro atoms. The Morgan fingerprint density at radius 1 is 1.05 bits per heavy atom. The van der Waals surface area contributed by atoms with Gasteiger partial charge in [0.15, 0.2) is 0 Å². The van der Waals surface area contributed by atoms with Crippen molar-refractivity contribution in [3.63, 3.8) is 0 Å². The minimum Gasteiger partial charge on any atom is -0.497 e. The largest absolute Gasteiger partial charge is 0.497 e. The first-order valence-electron chi connectivity index (χ1n) is 5.91. The molecule has 0 radical (unpaired) electrons. The Labute approximate surface area is 136 Å². The second-order valence-corrected chi connectivity index (χ2v) is 5.77. The number of ether oxygens (including phenoxy) is 2. The van der Waals surface area contributed by atoms with Gasteiger partial charge in [-0.05, 0) is 64.6 Å². The molecule has 0 heterocycles. The number of aliphatic hydroxyl groups excluding tert-OH is 1. The predicted octanol–water partition coefficient (Wildman–Crippen LogP) is 4.04. The number of methoxy groups -OCH3 is 2. The summed E-state index contributed by atoms with van der Waals surface area (Å²) in [5.74, 6) is 1.27. The smallest absolute Gasteiger partial charge is 0.125 e. The van der Waals surface area contributed by atoms with Crippen LogP contribution >= 0.6 is 34.2 Å². The zero-order valence-electron chi connectivity index (χ0n) is 11.1. The zero-order chi connectivity index (χ0) is 14.7. The highest BCUT2D eigenvalue weighted by Crippen LogP contribution is 2.35. The first-order chi connectivity index (χ1) is 9.56. The molecule has 20 heavy (non-hydrogen) atoms. The molecule has 0 aromatic heterocycles. The highest BCUT2D eigenvalue weighted by atomic mass is 127. The van der Waals surface area contributed by atoms with Gasteiger partial charge in [-0.1, -0.05) is 11.6 Å². The van der Waals surface area contributed by atoms with Gasteiger partial charge in [0.1, 0.15) is 17.6 Å². The van der Waals surface area contributed by atoms with Crippen molar-refractivity contribution in [2.45, 2.75) is 6.10 Å². The molecule has 0 aliphatic heterocycles. The van der Waals surface area contributed by atoms with Gasteiger partial charge < -0.3 is 14.6 Å². The number of halogens is 2. The second kappa shape index (κ2) is 6.65. The van der Waals surface area contributed by atoms with Crippen LogP contribution in [0.25, 0.3) is 0 Å². The highest BCUT2D eigenvalue weighted by molar-refractivity contribution is 14.1. The van der Waals surface area contributed by atoms with Gasteiger partial charge in [0.05, 0.1) is 14.2 Å². The first-order valence-corrected chi connectivity index (χ1v) is 7.37. The summed E-state index contributed by atoms with van der Waals surface area (Å²) >= 11 is 8.18. The Bertz CT molecular complexity index is 616. The molecule has 0 aliphatic carbocycles. The Hall–Kier alpha value is -0.980. The van der Waals surface area contributed by atoms with E-state index in [4.69, 9.17) is 21.1 Å². The lowest BCUT2D eigenvalue weighted by molar-refractivity contribution is 0.213. The summed E-state index contributed by atoms with van der Waals surface area (Å²) in [5.41, 5.74) is 1.39. The van der Waals surface area contributed by atoms with Gasteiger partial charge in [0.2, 0.25) is 0 Å². The lowest BCUT2D eigenvalue weighted by atomic mass is 10.0. The number of benzene rings is 2. The Kier molecular flexibility index (Phi) is 5.12. The van der Waals surface area contributed by atoms with Gasteiger partial charge >= 0.3 is 0 Å². The molecule has 1 unspecified atom stereocenters. The van der Waals surface area contributed by atoms with Crippen molar-refractivity contribution < 1.29 is 14.6 Å². The van der Waals surface area contributed by atoms with E-state index < -0.39 is 6.10 Å². The molecule has 106 valence electrons. The van der Waals surface area contributed by atoms with E-state index in [2.05, 4.69) is 22.6 Å². The second-order valence-electron chi connectivity index (χ2n) is 4.18. The molecular weight excluding hydrogens is 391 g/mol. The van der Waals surface area contributed by atoms with Gasteiger partial charge in [0, 0.05) is 14.2 Å². The summed E-state index contributed by atoms with van der Waals surface area (Å²) in [5, 5.41) is 11.2. The molecule has 1 N–H and O–H groups in total. The molecule has 0 bridgehead atoms. The van der Waals surface area contributed by atoms with E-state index >= 15 is 0 Å². The van der Waals surface area contributed by atoms with Crippen LogP contribution in [-0.4, -0.2) is 19.3 Å². The molecule has 3 nitrogen and oxygen atoms in total. The van der Waals surface area contributed by atoms with E-state index in [1.165, 1.54) is 0 Å². The van der Waals surface area contributed by atoms with Crippen LogP contribution in [0.15, 0.2) is 36.4 Å². The van der Waals surface area contributed by atoms with Crippen molar-refractivity contribution in [2.24, 2.45) is 0 Å². The number of hydrogen-bond acceptors (Lipinski definition) is 3. The quantitative estimate of drug-likeness (QED) is 0.782. The van der Waals surface area contributed by atoms with E-state index in [0.717, 1.165) is 9.13 Å². The van der Waals surface area contributed by atoms with E-state index in [-0.39, 0.29) is 0 Å². The SMILES string of the molecule is COc1ccc(OC)c(C(O)c2cc(Cl)ccc2I)c1. The van der Waals surface area contributed by atoms with Crippen LogP contribution in [0.2, 0.25) is 5.02 Å². The molecule has 2 rings (SSSR count). The average Bonchev–Trinajstić information content (AvgIpc) is 2.48. The van der Waals surface area contributed by atoms with Crippen molar-refractivity contribution in [2.75, 3.05) is 14.2 Å². The predicted molar refractivity (Wildman–Crippen MR) is 87.8 cm³/mol. The van der Waals surface area contributed by atoms with Crippen molar-refractivity contribution in [3.05, 3.63) is 56.1 Å². The molecular formula is C15H14ClIO3. The van der Waals surface area contributed by atoms with Crippen LogP contribution in [0, 0.1) is 3.57 Å². The summed E-state index contributed by atoms with van der Waals surface area (Å²) in [4.78, 5) is 0. The van der Waals surface area contributed by atoms with E-state index in [9.17, 15) is 5.11 Å². The summed E-state index contributed by atoms with van der Waals surface area (Å²) < 4.78 is 11.4. The van der Waals surface area contributed by atoms with Crippen molar-refractivity contribution in [1.82, 2.24) is 0 Å². The van der Waals surface area contributed by atoms with Crippen LogP contribution in [0.5, 0.6) is 11.5 Å². The van der Waals surface area contributed by atoms with Crippen molar-refractivity contribution >= 4 is 34.2 Å². The molecule has 0 saturated heterocycles. The minimum absolute atomic E-state index is 0.585. The summed E-state index contributed by atoms with van der Waals surface area (Å²) in [6.45, 7) is 0. The third-order valence-corrected chi connectivity index (χ3v) is 4.20. The average molecular weight is 405 g/mol. The lowest BCUT2D eigenvalue weighted by Gasteiger charge is -2.17. The highest BCUT2D eigenvalue weighted by Gasteiger charge is 2.19. The third kappa shape index (κ3) is 3.19. The van der Waals surface area contributed by atoms with Gasteiger partial charge in [-0.25, -0.2) is 0 Å². The molecule has 0 aliphatic rings. The fraction of sp³-hybridized carbons (Fsp3) is 0.200. The summed E-state index contributed by atoms with van der Waals surface area (Å²) in [6, 6.07) is 10.7. The molecule has 1 atom stereocenters. The number of hydrogen-bond donors (Lipinski definition) is 1. The maximum absolute atomic E-state index is 10.6. The number of aliphatic hydroxyl groups is 1. The molecule has 0 amide bonds. The van der Waals surface area contributed by atoms with Crippen LogP contribution in [-0.2, 0) is 0 Å². The summed E-state index contributed by atoms with van der Waals surface area (Å²) in [7, 11) is 3.15. The van der Waals surface area contributed by atoms with E-state index in [1.807, 2.05) is 6.07 Å². The van der Waals surface area contributed by atoms with Crippen molar-refractivity contribution in [1.29, 1.82) is 0 Å². The van der Waals surface area contributed by atoms with Crippen LogP contribution in [0.1, 0.15) is 17.2 Å². The molecule has 0 fully saturated rings. The van der Waals surface area contributed by atoms with Gasteiger partial charge in [-0.3, -0.25) is 0 Å². The standard InChI is InChI=1S/C15H14ClIO3/c1-19-10-4-6-14(20-2)12(8-10)15(18)11-7-9(16)3-5-13(11)17/h3-8,15,18H,1-2H3. The maximum atomic E-state index is 10.6. The third-order valence-electron chi connectivity index (χ3n) is 2.98. The Morgan fingerprint density at radius 3 is 2.45 bits per heavy atom. The molecule has 2 aromatic rings. The Morgan fingerprint density at radius 2 is 1.80 bits per heavy atom. The molecule has 0 saturated carbocycles. The van der Waals surface area contributed by atoms with Gasteiger partial charge in [-0.2, -0.15) is 0 Å². The normalized spacial score (nSPS) is 12.1. The fourth-order valence-electron chi connectivity index (χ4n) is 1.94. The Balaban J connectivity index is 2.51. The molecule has 5 heteroatoms. The van der Waals surface area contributed by atoms with Crippen LogP contribution in [0.4, 0.5) is 0 Å². The van der Waals surface area contributed by atoms with E-state index in [0.29, 0.717) is 22.1 Å². The van der Waals surface area contributed by atoms with Crippen LogP contribution in [0.3, 0.4) is 0 Å². The van der Waals surface area contributed by atoms with Gasteiger partial charge in [-0.15, -0.1) is 0 Å². The lowest BCUT2D eigenvalue weighted by Crippen LogP contribution is -2.05. The maximum Gasteiger partial charge on any atom is 0.125 e. The van der Waals surface area contributed by atoms with Crippen molar-refractivity contribution in [3.8, 4) is 11.5 Å². The monoisotopic (exact) mass is 404 g/mol. The number of rotatable bonds is 4. The first kappa shape index (κ1) is 15.4.